The van der Waals surface area contributed by atoms with Gasteiger partial charge in [-0.1, -0.05) is 0 Å². The van der Waals surface area contributed by atoms with Crippen LogP contribution in [-0.2, 0) is 11.3 Å². The third kappa shape index (κ3) is 3.21. The largest absolute Gasteiger partial charge is 0.377 e. The summed E-state index contributed by atoms with van der Waals surface area (Å²) >= 11 is 0. The van der Waals surface area contributed by atoms with Crippen molar-refractivity contribution in [3.63, 3.8) is 0 Å². The highest BCUT2D eigenvalue weighted by Crippen LogP contribution is 2.23. The number of pyridine rings is 1. The Morgan fingerprint density at radius 1 is 1.56 bits per heavy atom. The predicted molar refractivity (Wildman–Crippen MR) is 74.0 cm³/mol. The minimum absolute atomic E-state index is 0.295. The fraction of sp³-hybridized carbons (Fsp3) is 0.643. The maximum absolute atomic E-state index is 5.71. The van der Waals surface area contributed by atoms with Crippen molar-refractivity contribution in [3.8, 4) is 0 Å². The van der Waals surface area contributed by atoms with Gasteiger partial charge >= 0.3 is 0 Å². The van der Waals surface area contributed by atoms with Crippen LogP contribution in [0.4, 0.5) is 5.69 Å². The van der Waals surface area contributed by atoms with Gasteiger partial charge in [-0.25, -0.2) is 0 Å². The van der Waals surface area contributed by atoms with Gasteiger partial charge in [0.2, 0.25) is 0 Å². The van der Waals surface area contributed by atoms with Crippen LogP contribution in [0.5, 0.6) is 0 Å². The minimum atomic E-state index is 0.295. The molecule has 1 aliphatic heterocycles. The van der Waals surface area contributed by atoms with Gasteiger partial charge in [-0.3, -0.25) is 4.98 Å². The zero-order valence-corrected chi connectivity index (χ0v) is 11.6. The Bertz CT molecular complexity index is 395. The summed E-state index contributed by atoms with van der Waals surface area (Å²) in [6.07, 6.45) is 3.37. The zero-order valence-electron chi connectivity index (χ0n) is 11.6. The number of anilines is 1. The number of nitrogens with one attached hydrogen (secondary N) is 1. The average molecular weight is 249 g/mol. The molecule has 4 nitrogen and oxygen atoms in total. The first-order valence-electron chi connectivity index (χ1n) is 6.67. The molecule has 1 saturated heterocycles. The molecule has 0 spiro atoms. The molecular formula is C14H23N3O. The normalized spacial score (nSPS) is 20.8. The molecular weight excluding hydrogens is 226 g/mol. The SMILES string of the molecule is CNCc1cnc(C)cc1N1CCCOC(C)C1. The molecule has 1 aromatic rings. The molecule has 1 atom stereocenters. The van der Waals surface area contributed by atoms with Crippen molar-refractivity contribution in [1.82, 2.24) is 10.3 Å². The molecule has 0 amide bonds. The van der Waals surface area contributed by atoms with Gasteiger partial charge in [0.25, 0.3) is 0 Å². The predicted octanol–water partition coefficient (Wildman–Crippen LogP) is 1.72. The van der Waals surface area contributed by atoms with Gasteiger partial charge in [-0.15, -0.1) is 0 Å². The Labute approximate surface area is 109 Å². The summed E-state index contributed by atoms with van der Waals surface area (Å²) in [5.74, 6) is 0. The van der Waals surface area contributed by atoms with Crippen molar-refractivity contribution < 1.29 is 4.74 Å². The lowest BCUT2D eigenvalue weighted by Gasteiger charge is -2.27. The smallest absolute Gasteiger partial charge is 0.0721 e. The monoisotopic (exact) mass is 249 g/mol. The molecule has 1 aliphatic rings. The van der Waals surface area contributed by atoms with Crippen LogP contribution in [0.2, 0.25) is 0 Å². The van der Waals surface area contributed by atoms with Crippen LogP contribution in [0.15, 0.2) is 12.3 Å². The Morgan fingerprint density at radius 3 is 3.17 bits per heavy atom. The molecule has 0 aliphatic carbocycles. The lowest BCUT2D eigenvalue weighted by molar-refractivity contribution is 0.0821. The second-order valence-electron chi connectivity index (χ2n) is 4.97. The highest BCUT2D eigenvalue weighted by molar-refractivity contribution is 5.53. The van der Waals surface area contributed by atoms with E-state index in [4.69, 9.17) is 4.74 Å². The summed E-state index contributed by atoms with van der Waals surface area (Å²) in [7, 11) is 1.97. The summed E-state index contributed by atoms with van der Waals surface area (Å²) in [5.41, 5.74) is 3.63. The van der Waals surface area contributed by atoms with E-state index in [0.717, 1.165) is 38.4 Å². The van der Waals surface area contributed by atoms with Gasteiger partial charge in [-0.2, -0.15) is 0 Å². The van der Waals surface area contributed by atoms with E-state index >= 15 is 0 Å². The molecule has 0 bridgehead atoms. The van der Waals surface area contributed by atoms with Crippen molar-refractivity contribution in [2.75, 3.05) is 31.6 Å². The molecule has 2 rings (SSSR count). The van der Waals surface area contributed by atoms with Crippen LogP contribution >= 0.6 is 0 Å². The van der Waals surface area contributed by atoms with E-state index in [0.29, 0.717) is 6.10 Å². The Balaban J connectivity index is 2.26. The molecule has 1 aromatic heterocycles. The van der Waals surface area contributed by atoms with Gasteiger partial charge in [-0.05, 0) is 33.4 Å². The van der Waals surface area contributed by atoms with E-state index in [-0.39, 0.29) is 0 Å². The molecule has 2 heterocycles. The Morgan fingerprint density at radius 2 is 2.39 bits per heavy atom. The Hall–Kier alpha value is -1.13. The first-order valence-corrected chi connectivity index (χ1v) is 6.67. The Kier molecular flexibility index (Phi) is 4.55. The maximum atomic E-state index is 5.71. The second-order valence-corrected chi connectivity index (χ2v) is 4.97. The first kappa shape index (κ1) is 13.3. The summed E-state index contributed by atoms with van der Waals surface area (Å²) in [6, 6.07) is 2.19. The molecule has 100 valence electrons. The van der Waals surface area contributed by atoms with Crippen molar-refractivity contribution >= 4 is 5.69 Å². The van der Waals surface area contributed by atoms with E-state index in [2.05, 4.69) is 28.2 Å². The number of ether oxygens (including phenoxy) is 1. The molecule has 4 heteroatoms. The summed E-state index contributed by atoms with van der Waals surface area (Å²) < 4.78 is 5.71. The van der Waals surface area contributed by atoms with Gasteiger partial charge in [0.15, 0.2) is 0 Å². The third-order valence-electron chi connectivity index (χ3n) is 3.26. The molecule has 0 saturated carbocycles. The minimum Gasteiger partial charge on any atom is -0.377 e. The van der Waals surface area contributed by atoms with Crippen LogP contribution in [0.1, 0.15) is 24.6 Å². The lowest BCUT2D eigenvalue weighted by atomic mass is 10.1. The van der Waals surface area contributed by atoms with Crippen LogP contribution in [0, 0.1) is 6.92 Å². The van der Waals surface area contributed by atoms with E-state index in [9.17, 15) is 0 Å². The summed E-state index contributed by atoms with van der Waals surface area (Å²) in [4.78, 5) is 6.83. The third-order valence-corrected chi connectivity index (χ3v) is 3.26. The van der Waals surface area contributed by atoms with E-state index in [1.54, 1.807) is 0 Å². The standard InChI is InChI=1S/C14H23N3O/c1-11-7-14(13(8-15-3)9-16-11)17-5-4-6-18-12(2)10-17/h7,9,12,15H,4-6,8,10H2,1-3H3. The van der Waals surface area contributed by atoms with Crippen molar-refractivity contribution in [2.45, 2.75) is 32.9 Å². The number of nitrogens with zero attached hydrogens (tertiary/aromatic N) is 2. The molecule has 18 heavy (non-hydrogen) atoms. The number of hydrogen-bond acceptors (Lipinski definition) is 4. The van der Waals surface area contributed by atoms with Crippen molar-refractivity contribution in [3.05, 3.63) is 23.5 Å². The van der Waals surface area contributed by atoms with Crippen molar-refractivity contribution in [2.24, 2.45) is 0 Å². The molecule has 1 N–H and O–H groups in total. The fourth-order valence-electron chi connectivity index (χ4n) is 2.41. The summed E-state index contributed by atoms with van der Waals surface area (Å²) in [6.45, 7) is 7.93. The number of rotatable bonds is 3. The second kappa shape index (κ2) is 6.16. The molecule has 0 radical (unpaired) electrons. The van der Waals surface area contributed by atoms with Gasteiger partial charge < -0.3 is 15.0 Å². The van der Waals surface area contributed by atoms with Gasteiger partial charge in [0.05, 0.1) is 6.10 Å². The lowest BCUT2D eigenvalue weighted by Crippen LogP contribution is -2.31. The first-order chi connectivity index (χ1) is 8.70. The number of aromatic nitrogens is 1. The van der Waals surface area contributed by atoms with Gasteiger partial charge in [0, 0.05) is 49.4 Å². The van der Waals surface area contributed by atoms with Gasteiger partial charge in [0.1, 0.15) is 0 Å². The summed E-state index contributed by atoms with van der Waals surface area (Å²) in [5, 5.41) is 3.21. The fourth-order valence-corrected chi connectivity index (χ4v) is 2.41. The van der Waals surface area contributed by atoms with Crippen LogP contribution in [0.3, 0.4) is 0 Å². The van der Waals surface area contributed by atoms with Crippen molar-refractivity contribution in [1.29, 1.82) is 0 Å². The molecule has 1 fully saturated rings. The highest BCUT2D eigenvalue weighted by Gasteiger charge is 2.18. The van der Waals surface area contributed by atoms with Crippen LogP contribution < -0.4 is 10.2 Å². The topological polar surface area (TPSA) is 37.4 Å². The van der Waals surface area contributed by atoms with E-state index in [1.807, 2.05) is 20.2 Å². The van der Waals surface area contributed by atoms with Crippen LogP contribution in [-0.4, -0.2) is 37.8 Å². The number of aryl methyl sites for hydroxylation is 1. The molecule has 0 aromatic carbocycles. The average Bonchev–Trinajstić information content (AvgIpc) is 2.56. The highest BCUT2D eigenvalue weighted by atomic mass is 16.5. The zero-order chi connectivity index (χ0) is 13.0. The van der Waals surface area contributed by atoms with E-state index in [1.165, 1.54) is 11.3 Å². The number of hydrogen-bond donors (Lipinski definition) is 1. The van der Waals surface area contributed by atoms with E-state index < -0.39 is 0 Å². The quantitative estimate of drug-likeness (QED) is 0.885. The molecule has 1 unspecified atom stereocenters. The van der Waals surface area contributed by atoms with Crippen LogP contribution in [0.25, 0.3) is 0 Å². The maximum Gasteiger partial charge on any atom is 0.0721 e.